The lowest BCUT2D eigenvalue weighted by atomic mass is 9.94. The van der Waals surface area contributed by atoms with Crippen LogP contribution < -0.4 is 0 Å². The highest BCUT2D eigenvalue weighted by molar-refractivity contribution is 5.16. The predicted molar refractivity (Wildman–Crippen MR) is 50.4 cm³/mol. The fourth-order valence-corrected chi connectivity index (χ4v) is 1.92. The van der Waals surface area contributed by atoms with Crippen molar-refractivity contribution < 1.29 is 79.4 Å². The van der Waals surface area contributed by atoms with E-state index >= 15 is 0 Å². The monoisotopic (exact) mass is 462 g/mol. The van der Waals surface area contributed by atoms with Crippen molar-refractivity contribution in [1.29, 1.82) is 0 Å². The van der Waals surface area contributed by atoms with Crippen LogP contribution in [-0.4, -0.2) is 60.3 Å². The molecule has 1 heterocycles. The summed E-state index contributed by atoms with van der Waals surface area (Å²) in [6.45, 7) is 0. The maximum absolute atomic E-state index is 13.8. The quantitative estimate of drug-likeness (QED) is 0.510. The Hall–Kier alpha value is -1.23. The molecule has 0 bridgehead atoms. The van der Waals surface area contributed by atoms with Crippen LogP contribution in [0, 0.1) is 0 Å². The van der Waals surface area contributed by atoms with Crippen molar-refractivity contribution >= 4 is 0 Å². The molecule has 1 aliphatic heterocycles. The molecule has 0 aliphatic carbocycles. The molecule has 168 valence electrons. The van der Waals surface area contributed by atoms with Crippen LogP contribution in [0.2, 0.25) is 0 Å². The van der Waals surface area contributed by atoms with Gasteiger partial charge < -0.3 is 4.74 Å². The SMILES string of the molecule is FC(C1OC(F)(C(F)C(F)(F)C(F)(F)F)C(F)(F)C1(F)F)C(F)(F)C(F)(F)F. The van der Waals surface area contributed by atoms with Gasteiger partial charge in [0.05, 0.1) is 0 Å². The van der Waals surface area contributed by atoms with Gasteiger partial charge in [-0.25, -0.2) is 13.2 Å². The van der Waals surface area contributed by atoms with E-state index in [1.807, 2.05) is 0 Å². The number of hydrogen-bond donors (Lipinski definition) is 0. The van der Waals surface area contributed by atoms with E-state index in [0.29, 0.717) is 0 Å². The van der Waals surface area contributed by atoms with E-state index in [0.717, 1.165) is 0 Å². The van der Waals surface area contributed by atoms with E-state index in [1.54, 1.807) is 0 Å². The minimum atomic E-state index is -7.23. The van der Waals surface area contributed by atoms with Crippen LogP contribution in [0.5, 0.6) is 0 Å². The van der Waals surface area contributed by atoms with Gasteiger partial charge in [0.15, 0.2) is 6.10 Å². The molecule has 1 nitrogen and oxygen atoms in total. The molecule has 4 atom stereocenters. The zero-order valence-corrected chi connectivity index (χ0v) is 12.1. The second-order valence-electron chi connectivity index (χ2n) is 5.39. The Bertz CT molecular complexity index is 590. The van der Waals surface area contributed by atoms with E-state index in [4.69, 9.17) is 0 Å². The molecular weight excluding hydrogens is 459 g/mol. The van der Waals surface area contributed by atoms with Crippen molar-refractivity contribution in [2.24, 2.45) is 0 Å². The third kappa shape index (κ3) is 3.05. The molecular formula is C10H3F17O. The molecule has 0 aromatic carbocycles. The van der Waals surface area contributed by atoms with Crippen LogP contribution >= 0.6 is 0 Å². The summed E-state index contributed by atoms with van der Waals surface area (Å²) in [5.41, 5.74) is 0. The fourth-order valence-electron chi connectivity index (χ4n) is 1.92. The van der Waals surface area contributed by atoms with E-state index in [-0.39, 0.29) is 0 Å². The molecule has 1 saturated heterocycles. The highest BCUT2D eigenvalue weighted by Crippen LogP contribution is 2.62. The third-order valence-corrected chi connectivity index (χ3v) is 3.51. The highest BCUT2D eigenvalue weighted by Gasteiger charge is 2.90. The molecule has 1 fully saturated rings. The minimum absolute atomic E-state index is 2.39. The van der Waals surface area contributed by atoms with Crippen LogP contribution in [-0.2, 0) is 4.74 Å². The van der Waals surface area contributed by atoms with E-state index in [9.17, 15) is 74.6 Å². The smallest absolute Gasteiger partial charge is 0.325 e. The van der Waals surface area contributed by atoms with Crippen molar-refractivity contribution in [1.82, 2.24) is 0 Å². The summed E-state index contributed by atoms with van der Waals surface area (Å²) in [6.07, 6.45) is -31.4. The highest BCUT2D eigenvalue weighted by atomic mass is 19.4. The van der Waals surface area contributed by atoms with Crippen LogP contribution in [0.4, 0.5) is 74.6 Å². The van der Waals surface area contributed by atoms with Crippen molar-refractivity contribution in [3.63, 3.8) is 0 Å². The Labute approximate surface area is 141 Å². The van der Waals surface area contributed by atoms with Crippen molar-refractivity contribution in [3.05, 3.63) is 0 Å². The standard InChI is InChI=1S/C10H3F17O/c11-1(4(13,14)9(22,23)24)2-5(15,16)8(20,21)7(19,28-2)3(12)6(17,18)10(25,26)27/h1-3H. The number of halogens is 17. The normalized spacial score (nSPS) is 31.0. The summed E-state index contributed by atoms with van der Waals surface area (Å²) in [4.78, 5) is 0. The fraction of sp³-hybridized carbons (Fsp3) is 1.00. The molecule has 1 rings (SSSR count). The van der Waals surface area contributed by atoms with Crippen molar-refractivity contribution in [3.8, 4) is 0 Å². The Balaban J connectivity index is 3.53. The molecule has 0 N–H and O–H groups in total. The maximum Gasteiger partial charge on any atom is 0.456 e. The van der Waals surface area contributed by atoms with Gasteiger partial charge in [-0.2, -0.15) is 61.5 Å². The van der Waals surface area contributed by atoms with Crippen LogP contribution in [0.1, 0.15) is 0 Å². The van der Waals surface area contributed by atoms with Gasteiger partial charge in [-0.05, 0) is 0 Å². The molecule has 4 unspecified atom stereocenters. The minimum Gasteiger partial charge on any atom is -0.325 e. The molecule has 0 aromatic rings. The summed E-state index contributed by atoms with van der Waals surface area (Å²) < 4.78 is 219. The lowest BCUT2D eigenvalue weighted by Gasteiger charge is -2.34. The van der Waals surface area contributed by atoms with Crippen LogP contribution in [0.3, 0.4) is 0 Å². The molecule has 18 heteroatoms. The number of rotatable bonds is 4. The molecule has 0 spiro atoms. The van der Waals surface area contributed by atoms with Gasteiger partial charge in [-0.15, -0.1) is 0 Å². The van der Waals surface area contributed by atoms with Gasteiger partial charge >= 0.3 is 41.9 Å². The largest absolute Gasteiger partial charge is 0.456 e. The Kier molecular flexibility index (Phi) is 5.43. The van der Waals surface area contributed by atoms with Gasteiger partial charge in [-0.1, -0.05) is 0 Å². The summed E-state index contributed by atoms with van der Waals surface area (Å²) >= 11 is 0. The summed E-state index contributed by atoms with van der Waals surface area (Å²) in [7, 11) is 0. The van der Waals surface area contributed by atoms with E-state index < -0.39 is 60.3 Å². The first kappa shape index (κ1) is 24.8. The van der Waals surface area contributed by atoms with Crippen LogP contribution in [0.25, 0.3) is 0 Å². The molecule has 28 heavy (non-hydrogen) atoms. The van der Waals surface area contributed by atoms with Gasteiger partial charge in [0.25, 0.3) is 0 Å². The Morgan fingerprint density at radius 2 is 1.00 bits per heavy atom. The zero-order chi connectivity index (χ0) is 22.9. The summed E-state index contributed by atoms with van der Waals surface area (Å²) in [5.74, 6) is -35.2. The zero-order valence-electron chi connectivity index (χ0n) is 12.1. The lowest BCUT2D eigenvalue weighted by molar-refractivity contribution is -0.369. The van der Waals surface area contributed by atoms with E-state index in [2.05, 4.69) is 4.74 Å². The van der Waals surface area contributed by atoms with Crippen molar-refractivity contribution in [2.45, 2.75) is 60.3 Å². The third-order valence-electron chi connectivity index (χ3n) is 3.51. The molecule has 0 saturated carbocycles. The maximum atomic E-state index is 13.8. The first-order valence-electron chi connectivity index (χ1n) is 6.20. The Morgan fingerprint density at radius 1 is 0.643 bits per heavy atom. The first-order valence-corrected chi connectivity index (χ1v) is 6.20. The predicted octanol–water partition coefficient (Wildman–Crippen LogP) is 5.39. The Morgan fingerprint density at radius 3 is 1.32 bits per heavy atom. The first-order chi connectivity index (χ1) is 11.9. The summed E-state index contributed by atoms with van der Waals surface area (Å²) in [5, 5.41) is 0. The van der Waals surface area contributed by atoms with Gasteiger partial charge in [0, 0.05) is 0 Å². The topological polar surface area (TPSA) is 9.23 Å². The van der Waals surface area contributed by atoms with E-state index in [1.165, 1.54) is 0 Å². The number of ether oxygens (including phenoxy) is 1. The molecule has 1 aliphatic rings. The van der Waals surface area contributed by atoms with Gasteiger partial charge in [-0.3, -0.25) is 0 Å². The lowest BCUT2D eigenvalue weighted by Crippen LogP contribution is -2.63. The molecule has 0 aromatic heterocycles. The number of alkyl halides is 17. The van der Waals surface area contributed by atoms with Gasteiger partial charge in [0.2, 0.25) is 12.3 Å². The molecule has 0 radical (unpaired) electrons. The average molecular weight is 462 g/mol. The van der Waals surface area contributed by atoms with Gasteiger partial charge in [0.1, 0.15) is 0 Å². The van der Waals surface area contributed by atoms with Crippen molar-refractivity contribution in [2.75, 3.05) is 0 Å². The second-order valence-corrected chi connectivity index (χ2v) is 5.39. The summed E-state index contributed by atoms with van der Waals surface area (Å²) in [6, 6.07) is 0. The number of hydrogen-bond acceptors (Lipinski definition) is 1. The average Bonchev–Trinajstić information content (AvgIpc) is 2.61. The second kappa shape index (κ2) is 6.13. The molecule has 0 amide bonds. The van der Waals surface area contributed by atoms with Crippen LogP contribution in [0.15, 0.2) is 0 Å².